The van der Waals surface area contributed by atoms with E-state index >= 15 is 0 Å². The van der Waals surface area contributed by atoms with E-state index in [9.17, 15) is 9.18 Å². The Balaban J connectivity index is 1.51. The highest BCUT2D eigenvalue weighted by atomic mass is 19.1. The van der Waals surface area contributed by atoms with Gasteiger partial charge in [-0.1, -0.05) is 30.3 Å². The van der Waals surface area contributed by atoms with Crippen LogP contribution in [0.2, 0.25) is 0 Å². The second-order valence-corrected chi connectivity index (χ2v) is 9.71. The van der Waals surface area contributed by atoms with Crippen molar-refractivity contribution in [1.29, 1.82) is 0 Å². The number of hydrogen-bond acceptors (Lipinski definition) is 7. The Labute approximate surface area is 228 Å². The Bertz CT molecular complexity index is 1780. The predicted octanol–water partition coefficient (Wildman–Crippen LogP) is 4.79. The number of H-pyrrole nitrogens is 1. The van der Waals surface area contributed by atoms with Gasteiger partial charge in [0, 0.05) is 30.0 Å². The van der Waals surface area contributed by atoms with Gasteiger partial charge in [-0.15, -0.1) is 5.10 Å². The SMILES string of the molecule is Cc1ccc2cc(C(c3nnnn3Cc3ccc(F)cc3)N(Cc3cccnc3)Cc3ccco3)c(=O)[nH]c2c1. The Hall–Kier alpha value is -4.96. The molecule has 6 rings (SSSR count). The molecule has 10 heteroatoms. The average Bonchev–Trinajstić information content (AvgIpc) is 3.63. The fraction of sp³-hybridized carbons (Fsp3) is 0.167. The second-order valence-electron chi connectivity index (χ2n) is 9.71. The first-order valence-electron chi connectivity index (χ1n) is 12.8. The number of rotatable bonds is 9. The smallest absolute Gasteiger partial charge is 0.253 e. The molecule has 0 spiro atoms. The van der Waals surface area contributed by atoms with Crippen LogP contribution in [0, 0.1) is 12.7 Å². The largest absolute Gasteiger partial charge is 0.468 e. The monoisotopic (exact) mass is 535 g/mol. The van der Waals surface area contributed by atoms with Crippen molar-refractivity contribution in [1.82, 2.24) is 35.1 Å². The van der Waals surface area contributed by atoms with Gasteiger partial charge < -0.3 is 9.40 Å². The minimum absolute atomic E-state index is 0.241. The minimum atomic E-state index is -0.657. The van der Waals surface area contributed by atoms with E-state index in [-0.39, 0.29) is 11.4 Å². The summed E-state index contributed by atoms with van der Waals surface area (Å²) >= 11 is 0. The standard InChI is InChI=1S/C30H26FN7O2/c1-20-6-9-23-15-26(30(39)33-27(23)14-20)28(29-34-35-36-38(29)18-21-7-10-24(31)11-8-21)37(19-25-5-3-13-40-25)17-22-4-2-12-32-16-22/h2-16,28H,17-19H2,1H3,(H,33,39). The molecule has 0 saturated heterocycles. The molecule has 0 aliphatic rings. The summed E-state index contributed by atoms with van der Waals surface area (Å²) in [5.74, 6) is 0.869. The van der Waals surface area contributed by atoms with Gasteiger partial charge in [0.25, 0.3) is 5.56 Å². The molecule has 4 aromatic heterocycles. The molecule has 40 heavy (non-hydrogen) atoms. The van der Waals surface area contributed by atoms with Crippen molar-refractivity contribution in [2.75, 3.05) is 0 Å². The molecule has 1 unspecified atom stereocenters. The van der Waals surface area contributed by atoms with Gasteiger partial charge in [0.05, 0.1) is 19.4 Å². The molecule has 0 bridgehead atoms. The molecule has 0 fully saturated rings. The van der Waals surface area contributed by atoms with Crippen molar-refractivity contribution in [3.05, 3.63) is 141 Å². The lowest BCUT2D eigenvalue weighted by Crippen LogP contribution is -2.35. The summed E-state index contributed by atoms with van der Waals surface area (Å²) in [6, 6.07) is 20.9. The fourth-order valence-corrected chi connectivity index (χ4v) is 4.88. The molecule has 1 atom stereocenters. The van der Waals surface area contributed by atoms with Crippen LogP contribution in [0.25, 0.3) is 10.9 Å². The zero-order valence-corrected chi connectivity index (χ0v) is 21.7. The van der Waals surface area contributed by atoms with E-state index in [1.807, 2.05) is 55.5 Å². The quantitative estimate of drug-likeness (QED) is 0.284. The van der Waals surface area contributed by atoms with Gasteiger partial charge in [-0.2, -0.15) is 0 Å². The average molecular weight is 536 g/mol. The maximum absolute atomic E-state index is 13.7. The van der Waals surface area contributed by atoms with Crippen LogP contribution in [0.1, 0.15) is 39.9 Å². The van der Waals surface area contributed by atoms with Crippen LogP contribution >= 0.6 is 0 Å². The Kier molecular flexibility index (Phi) is 6.98. The molecular weight excluding hydrogens is 509 g/mol. The zero-order chi connectivity index (χ0) is 27.5. The first kappa shape index (κ1) is 25.3. The van der Waals surface area contributed by atoms with Crippen molar-refractivity contribution >= 4 is 10.9 Å². The summed E-state index contributed by atoms with van der Waals surface area (Å²) < 4.78 is 20.9. The number of hydrogen-bond donors (Lipinski definition) is 1. The number of aromatic amines is 1. The summed E-state index contributed by atoms with van der Waals surface area (Å²) in [7, 11) is 0. The first-order valence-corrected chi connectivity index (χ1v) is 12.8. The minimum Gasteiger partial charge on any atom is -0.468 e. The van der Waals surface area contributed by atoms with Gasteiger partial charge in [-0.05, 0) is 81.9 Å². The zero-order valence-electron chi connectivity index (χ0n) is 21.7. The highest BCUT2D eigenvalue weighted by Crippen LogP contribution is 2.30. The van der Waals surface area contributed by atoms with Crippen LogP contribution in [-0.4, -0.2) is 35.1 Å². The molecule has 1 N–H and O–H groups in total. The Morgan fingerprint density at radius 3 is 2.67 bits per heavy atom. The molecule has 4 heterocycles. The number of fused-ring (bicyclic) bond motifs is 1. The third-order valence-corrected chi connectivity index (χ3v) is 6.79. The van der Waals surface area contributed by atoms with Crippen molar-refractivity contribution < 1.29 is 8.81 Å². The van der Waals surface area contributed by atoms with Crippen molar-refractivity contribution in [2.24, 2.45) is 0 Å². The van der Waals surface area contributed by atoms with Crippen LogP contribution in [0.3, 0.4) is 0 Å². The molecule has 0 radical (unpaired) electrons. The molecule has 0 aliphatic carbocycles. The van der Waals surface area contributed by atoms with E-state index in [1.165, 1.54) is 12.1 Å². The number of nitrogens with one attached hydrogen (secondary N) is 1. The summed E-state index contributed by atoms with van der Waals surface area (Å²) in [6.07, 6.45) is 5.13. The van der Waals surface area contributed by atoms with Crippen LogP contribution in [0.15, 0.2) is 101 Å². The molecule has 2 aromatic carbocycles. The number of halogens is 1. The number of benzene rings is 2. The number of aromatic nitrogens is 6. The third-order valence-electron chi connectivity index (χ3n) is 6.79. The van der Waals surface area contributed by atoms with E-state index in [0.717, 1.165) is 33.4 Å². The van der Waals surface area contributed by atoms with Gasteiger partial charge in [-0.3, -0.25) is 14.7 Å². The van der Waals surface area contributed by atoms with E-state index in [1.54, 1.807) is 35.5 Å². The summed E-state index contributed by atoms with van der Waals surface area (Å²) in [6.45, 7) is 3.09. The molecule has 0 saturated carbocycles. The fourth-order valence-electron chi connectivity index (χ4n) is 4.88. The van der Waals surface area contributed by atoms with Crippen LogP contribution in [-0.2, 0) is 19.6 Å². The molecule has 9 nitrogen and oxygen atoms in total. The number of aryl methyl sites for hydroxylation is 1. The topological polar surface area (TPSA) is 106 Å². The van der Waals surface area contributed by atoms with E-state index in [2.05, 4.69) is 30.4 Å². The predicted molar refractivity (Wildman–Crippen MR) is 147 cm³/mol. The number of nitrogens with zero attached hydrogens (tertiary/aromatic N) is 6. The molecule has 200 valence electrons. The molecule has 6 aromatic rings. The lowest BCUT2D eigenvalue weighted by molar-refractivity contribution is 0.179. The van der Waals surface area contributed by atoms with Crippen LogP contribution < -0.4 is 5.56 Å². The van der Waals surface area contributed by atoms with E-state index < -0.39 is 6.04 Å². The van der Waals surface area contributed by atoms with Crippen LogP contribution in [0.5, 0.6) is 0 Å². The highest BCUT2D eigenvalue weighted by molar-refractivity contribution is 5.79. The van der Waals surface area contributed by atoms with Crippen molar-refractivity contribution in [3.63, 3.8) is 0 Å². The lowest BCUT2D eigenvalue weighted by atomic mass is 10.0. The number of furan rings is 1. The Morgan fingerprint density at radius 1 is 1.02 bits per heavy atom. The maximum Gasteiger partial charge on any atom is 0.253 e. The van der Waals surface area contributed by atoms with Crippen molar-refractivity contribution in [2.45, 2.75) is 32.6 Å². The third kappa shape index (κ3) is 5.43. The van der Waals surface area contributed by atoms with Gasteiger partial charge in [0.1, 0.15) is 17.6 Å². The summed E-state index contributed by atoms with van der Waals surface area (Å²) in [4.78, 5) is 23.1. The summed E-state index contributed by atoms with van der Waals surface area (Å²) in [5.41, 5.74) is 3.82. The number of tetrazole rings is 1. The highest BCUT2D eigenvalue weighted by Gasteiger charge is 2.31. The Morgan fingerprint density at radius 2 is 1.90 bits per heavy atom. The van der Waals surface area contributed by atoms with Gasteiger partial charge in [-0.25, -0.2) is 9.07 Å². The summed E-state index contributed by atoms with van der Waals surface area (Å²) in [5, 5.41) is 13.6. The van der Waals surface area contributed by atoms with Gasteiger partial charge >= 0.3 is 0 Å². The van der Waals surface area contributed by atoms with Gasteiger partial charge in [0.2, 0.25) is 0 Å². The first-order chi connectivity index (χ1) is 19.5. The maximum atomic E-state index is 13.7. The van der Waals surface area contributed by atoms with E-state index in [4.69, 9.17) is 4.42 Å². The molecule has 0 amide bonds. The van der Waals surface area contributed by atoms with E-state index in [0.29, 0.717) is 31.0 Å². The molecule has 0 aliphatic heterocycles. The lowest BCUT2D eigenvalue weighted by Gasteiger charge is -2.30. The van der Waals surface area contributed by atoms with Crippen molar-refractivity contribution in [3.8, 4) is 0 Å². The normalized spacial score (nSPS) is 12.3. The van der Waals surface area contributed by atoms with Crippen LogP contribution in [0.4, 0.5) is 4.39 Å². The second kappa shape index (κ2) is 11.0. The molecular formula is C30H26FN7O2. The number of pyridine rings is 2. The van der Waals surface area contributed by atoms with Gasteiger partial charge in [0.15, 0.2) is 5.82 Å².